The van der Waals surface area contributed by atoms with Gasteiger partial charge in [0.05, 0.1) is 6.54 Å². The van der Waals surface area contributed by atoms with Gasteiger partial charge in [-0.15, -0.1) is 0 Å². The summed E-state index contributed by atoms with van der Waals surface area (Å²) in [6.45, 7) is 4.04. The number of fused-ring (bicyclic) bond motifs is 1. The van der Waals surface area contributed by atoms with Crippen LogP contribution in [0.5, 0.6) is 0 Å². The predicted molar refractivity (Wildman–Crippen MR) is 131 cm³/mol. The lowest BCUT2D eigenvalue weighted by Crippen LogP contribution is -2.14. The Hall–Kier alpha value is -3.88. The van der Waals surface area contributed by atoms with Crippen LogP contribution in [0.25, 0.3) is 17.0 Å². The zero-order valence-electron chi connectivity index (χ0n) is 18.2. The Kier molecular flexibility index (Phi) is 6.30. The van der Waals surface area contributed by atoms with Gasteiger partial charge in [-0.2, -0.15) is 5.26 Å². The molecule has 0 bridgehead atoms. The number of nitrogens with zero attached hydrogens (tertiary/aromatic N) is 2. The number of carbonyl (C=O) groups is 1. The monoisotopic (exact) mass is 457 g/mol. The van der Waals surface area contributed by atoms with E-state index in [1.165, 1.54) is 6.07 Å². The Morgan fingerprint density at radius 2 is 1.82 bits per heavy atom. The van der Waals surface area contributed by atoms with E-state index in [1.54, 1.807) is 49.4 Å². The number of amides is 1. The summed E-state index contributed by atoms with van der Waals surface area (Å²) in [6.07, 6.45) is 1.59. The number of carbonyl (C=O) groups excluding carboxylic acids is 1. The maximum absolute atomic E-state index is 14.3. The van der Waals surface area contributed by atoms with Crippen LogP contribution in [0.15, 0.2) is 72.3 Å². The van der Waals surface area contributed by atoms with Crippen LogP contribution in [0.4, 0.5) is 10.1 Å². The fourth-order valence-corrected chi connectivity index (χ4v) is 4.04. The normalized spacial score (nSPS) is 11.4. The van der Waals surface area contributed by atoms with Crippen LogP contribution >= 0.6 is 11.6 Å². The van der Waals surface area contributed by atoms with Crippen molar-refractivity contribution in [3.8, 4) is 6.07 Å². The van der Waals surface area contributed by atoms with Crippen LogP contribution < -0.4 is 5.32 Å². The van der Waals surface area contributed by atoms with Gasteiger partial charge in [0.2, 0.25) is 0 Å². The zero-order valence-corrected chi connectivity index (χ0v) is 18.9. The molecule has 1 N–H and O–H groups in total. The summed E-state index contributed by atoms with van der Waals surface area (Å²) in [7, 11) is 0. The summed E-state index contributed by atoms with van der Waals surface area (Å²) in [5.74, 6) is -0.797. The molecule has 0 radical (unpaired) electrons. The molecule has 4 rings (SSSR count). The van der Waals surface area contributed by atoms with Gasteiger partial charge in [0.25, 0.3) is 5.91 Å². The molecule has 0 atom stereocenters. The van der Waals surface area contributed by atoms with Crippen LogP contribution in [0.3, 0.4) is 0 Å². The Balaban J connectivity index is 1.76. The molecule has 0 aliphatic carbocycles. The molecule has 164 valence electrons. The second-order valence-electron chi connectivity index (χ2n) is 7.73. The second kappa shape index (κ2) is 9.32. The summed E-state index contributed by atoms with van der Waals surface area (Å²) in [5, 5.41) is 13.9. The fourth-order valence-electron chi connectivity index (χ4n) is 3.87. The van der Waals surface area contributed by atoms with Crippen molar-refractivity contribution in [1.82, 2.24) is 4.57 Å². The number of nitriles is 1. The van der Waals surface area contributed by atoms with Gasteiger partial charge in [-0.25, -0.2) is 4.39 Å². The van der Waals surface area contributed by atoms with Crippen LogP contribution in [-0.2, 0) is 11.3 Å². The Bertz CT molecular complexity index is 1450. The summed E-state index contributed by atoms with van der Waals surface area (Å²) in [5.41, 5.74) is 4.27. The minimum absolute atomic E-state index is 0.0359. The summed E-state index contributed by atoms with van der Waals surface area (Å²) in [6, 6.07) is 21.6. The van der Waals surface area contributed by atoms with Crippen molar-refractivity contribution >= 4 is 40.2 Å². The van der Waals surface area contributed by atoms with Gasteiger partial charge in [-0.1, -0.05) is 54.1 Å². The lowest BCUT2D eigenvalue weighted by Gasteiger charge is -2.10. The smallest absolute Gasteiger partial charge is 0.266 e. The Morgan fingerprint density at radius 3 is 2.58 bits per heavy atom. The molecule has 1 heterocycles. The van der Waals surface area contributed by atoms with Gasteiger partial charge in [0, 0.05) is 38.4 Å². The zero-order chi connectivity index (χ0) is 23.5. The van der Waals surface area contributed by atoms with Gasteiger partial charge < -0.3 is 9.88 Å². The number of anilines is 1. The number of nitrogens with one attached hydrogen (secondary N) is 1. The fraction of sp³-hybridized carbons (Fsp3) is 0.111. The molecule has 1 aromatic heterocycles. The summed E-state index contributed by atoms with van der Waals surface area (Å²) in [4.78, 5) is 12.9. The standard InChI is InChI=1S/C27H21ClFN3O/c1-17-23(28)10-7-12-25(17)31-27(33)20(15-30)14-22-18(2)32(26-13-6-4-9-21(22)26)16-19-8-3-5-11-24(19)29/h3-14H,16H2,1-2H3,(H,31,33)/b20-14+. The van der Waals surface area contributed by atoms with Crippen molar-refractivity contribution in [3.05, 3.63) is 106 Å². The van der Waals surface area contributed by atoms with E-state index in [0.717, 1.165) is 27.7 Å². The third-order valence-corrected chi connectivity index (χ3v) is 6.15. The molecule has 3 aromatic carbocycles. The van der Waals surface area contributed by atoms with Crippen LogP contribution in [-0.4, -0.2) is 10.5 Å². The first kappa shape index (κ1) is 22.3. The molecule has 0 unspecified atom stereocenters. The van der Waals surface area contributed by atoms with Crippen molar-refractivity contribution in [2.24, 2.45) is 0 Å². The topological polar surface area (TPSA) is 57.8 Å². The lowest BCUT2D eigenvalue weighted by molar-refractivity contribution is -0.112. The predicted octanol–water partition coefficient (Wildman–Crippen LogP) is 6.64. The molecule has 1 amide bonds. The third kappa shape index (κ3) is 4.39. The van der Waals surface area contributed by atoms with E-state index < -0.39 is 5.91 Å². The number of hydrogen-bond acceptors (Lipinski definition) is 2. The second-order valence-corrected chi connectivity index (χ2v) is 8.14. The van der Waals surface area contributed by atoms with E-state index in [4.69, 9.17) is 11.6 Å². The molecule has 0 spiro atoms. The molecule has 0 saturated carbocycles. The summed E-state index contributed by atoms with van der Waals surface area (Å²) < 4.78 is 16.3. The van der Waals surface area contributed by atoms with Gasteiger partial charge in [0.1, 0.15) is 17.5 Å². The maximum Gasteiger partial charge on any atom is 0.266 e. The van der Waals surface area contributed by atoms with Gasteiger partial charge >= 0.3 is 0 Å². The molecule has 0 saturated heterocycles. The number of rotatable bonds is 5. The van der Waals surface area contributed by atoms with Crippen LogP contribution in [0.2, 0.25) is 5.02 Å². The highest BCUT2D eigenvalue weighted by Gasteiger charge is 2.17. The number of halogens is 2. The van der Waals surface area contributed by atoms with Gasteiger partial charge in [-0.3, -0.25) is 4.79 Å². The first-order valence-electron chi connectivity index (χ1n) is 10.4. The number of aromatic nitrogens is 1. The Labute approximate surface area is 196 Å². The van der Waals surface area contributed by atoms with Crippen molar-refractivity contribution in [2.45, 2.75) is 20.4 Å². The average molecular weight is 458 g/mol. The van der Waals surface area contributed by atoms with E-state index in [2.05, 4.69) is 5.32 Å². The van der Waals surface area contributed by atoms with Gasteiger partial charge in [0.15, 0.2) is 0 Å². The van der Waals surface area contributed by atoms with Crippen LogP contribution in [0, 0.1) is 31.0 Å². The molecular weight excluding hydrogens is 437 g/mol. The van der Waals surface area contributed by atoms with Crippen molar-refractivity contribution in [1.29, 1.82) is 5.26 Å². The quantitative estimate of drug-likeness (QED) is 0.269. The SMILES string of the molecule is Cc1c(Cl)cccc1NC(=O)/C(C#N)=C/c1c(C)n(Cc2ccccc2F)c2ccccc12. The highest BCUT2D eigenvalue weighted by atomic mass is 35.5. The highest BCUT2D eigenvalue weighted by molar-refractivity contribution is 6.31. The lowest BCUT2D eigenvalue weighted by atomic mass is 10.1. The molecule has 4 aromatic rings. The molecule has 6 heteroatoms. The molecule has 33 heavy (non-hydrogen) atoms. The minimum Gasteiger partial charge on any atom is -0.340 e. The molecule has 0 fully saturated rings. The third-order valence-electron chi connectivity index (χ3n) is 5.74. The largest absolute Gasteiger partial charge is 0.340 e. The van der Waals surface area contributed by atoms with Crippen molar-refractivity contribution in [2.75, 3.05) is 5.32 Å². The summed E-state index contributed by atoms with van der Waals surface area (Å²) >= 11 is 6.15. The number of hydrogen-bond donors (Lipinski definition) is 1. The van der Waals surface area contributed by atoms with Crippen LogP contribution in [0.1, 0.15) is 22.4 Å². The van der Waals surface area contributed by atoms with Crippen molar-refractivity contribution in [3.63, 3.8) is 0 Å². The number of para-hydroxylation sites is 1. The maximum atomic E-state index is 14.3. The molecular formula is C27H21ClFN3O. The van der Waals surface area contributed by atoms with E-state index in [0.29, 0.717) is 22.8 Å². The number of benzene rings is 3. The first-order valence-corrected chi connectivity index (χ1v) is 10.8. The molecule has 4 nitrogen and oxygen atoms in total. The van der Waals surface area contributed by atoms with E-state index in [1.807, 2.05) is 41.8 Å². The Morgan fingerprint density at radius 1 is 1.09 bits per heavy atom. The van der Waals surface area contributed by atoms with Gasteiger partial charge in [-0.05, 0) is 49.8 Å². The van der Waals surface area contributed by atoms with E-state index >= 15 is 0 Å². The average Bonchev–Trinajstić information content (AvgIpc) is 3.07. The first-order chi connectivity index (χ1) is 15.9. The molecule has 0 aliphatic rings. The highest BCUT2D eigenvalue weighted by Crippen LogP contribution is 2.30. The van der Waals surface area contributed by atoms with Crippen molar-refractivity contribution < 1.29 is 9.18 Å². The van der Waals surface area contributed by atoms with E-state index in [9.17, 15) is 14.4 Å². The molecule has 0 aliphatic heterocycles. The van der Waals surface area contributed by atoms with E-state index in [-0.39, 0.29) is 11.4 Å². The minimum atomic E-state index is -0.520.